The third kappa shape index (κ3) is 2.07. The maximum atomic E-state index is 12.7. The maximum Gasteiger partial charge on any atom is 0.494 e. The summed E-state index contributed by atoms with van der Waals surface area (Å²) >= 11 is 0. The number of aromatic hydroxyl groups is 1. The van der Waals surface area contributed by atoms with Gasteiger partial charge in [-0.25, -0.2) is 13.4 Å². The van der Waals surface area contributed by atoms with Gasteiger partial charge in [0.05, 0.1) is 10.4 Å². The Labute approximate surface area is 126 Å². The summed E-state index contributed by atoms with van der Waals surface area (Å²) in [7, 11) is -6.16. The van der Waals surface area contributed by atoms with E-state index in [4.69, 9.17) is 0 Å². The largest absolute Gasteiger partial charge is 0.494 e. The summed E-state index contributed by atoms with van der Waals surface area (Å²) in [5.41, 5.74) is -0.380. The molecule has 3 N–H and O–H groups in total. The number of pyridine rings is 1. The smallest absolute Gasteiger partial charge is 0.494 e. The second kappa shape index (κ2) is 5.13. The zero-order chi connectivity index (χ0) is 15.9. The van der Waals surface area contributed by atoms with Crippen LogP contribution in [0.2, 0.25) is 0 Å². The number of hydrogen-bond acceptors (Lipinski definition) is 6. The number of fused-ring (bicyclic) bond motifs is 1. The Bertz CT molecular complexity index is 938. The van der Waals surface area contributed by atoms with Crippen LogP contribution in [0.25, 0.3) is 11.0 Å². The molecule has 0 aliphatic rings. The molecule has 0 amide bonds. The van der Waals surface area contributed by atoms with Gasteiger partial charge in [0.2, 0.25) is 5.88 Å². The number of nitrogens with zero attached hydrogens (tertiary/aromatic N) is 2. The Morgan fingerprint density at radius 2 is 1.73 bits per heavy atom. The van der Waals surface area contributed by atoms with Gasteiger partial charge < -0.3 is 15.2 Å². The number of benzene rings is 1. The van der Waals surface area contributed by atoms with Gasteiger partial charge in [0.15, 0.2) is 5.65 Å². The van der Waals surface area contributed by atoms with E-state index in [1.807, 2.05) is 0 Å². The predicted octanol–water partition coefficient (Wildman–Crippen LogP) is -0.341. The molecule has 0 saturated carbocycles. The molecule has 0 aliphatic heterocycles. The summed E-state index contributed by atoms with van der Waals surface area (Å²) in [4.78, 5) is 3.89. The van der Waals surface area contributed by atoms with Crippen LogP contribution in [-0.2, 0) is 10.0 Å². The first kappa shape index (κ1) is 14.6. The van der Waals surface area contributed by atoms with Gasteiger partial charge in [-0.15, -0.1) is 0 Å². The standard InChI is InChI=1S/C13H11BN2O5S/c17-13-11(14(18)19)10-7-4-8-15-12(10)16(13)22(20,21)9-5-2-1-3-6-9/h1-8,17-19H. The van der Waals surface area contributed by atoms with Gasteiger partial charge in [-0.2, -0.15) is 3.97 Å². The summed E-state index contributed by atoms with van der Waals surface area (Å²) in [6.07, 6.45) is 1.35. The van der Waals surface area contributed by atoms with Crippen molar-refractivity contribution in [1.29, 1.82) is 0 Å². The average Bonchev–Trinajstić information content (AvgIpc) is 2.80. The predicted molar refractivity (Wildman–Crippen MR) is 80.2 cm³/mol. The van der Waals surface area contributed by atoms with Crippen LogP contribution in [0.3, 0.4) is 0 Å². The van der Waals surface area contributed by atoms with Crippen LogP contribution in [0.5, 0.6) is 5.88 Å². The van der Waals surface area contributed by atoms with Gasteiger partial charge in [0.1, 0.15) is 0 Å². The molecule has 7 nitrogen and oxygen atoms in total. The van der Waals surface area contributed by atoms with E-state index < -0.39 is 23.0 Å². The van der Waals surface area contributed by atoms with Crippen LogP contribution < -0.4 is 5.46 Å². The molecule has 0 aliphatic carbocycles. The van der Waals surface area contributed by atoms with E-state index in [1.165, 1.54) is 30.5 Å². The van der Waals surface area contributed by atoms with E-state index in [0.717, 1.165) is 0 Å². The second-order valence-electron chi connectivity index (χ2n) is 4.57. The first-order chi connectivity index (χ1) is 10.4. The number of aromatic nitrogens is 2. The molecule has 3 rings (SSSR count). The summed E-state index contributed by atoms with van der Waals surface area (Å²) in [6.45, 7) is 0. The highest BCUT2D eigenvalue weighted by atomic mass is 32.2. The van der Waals surface area contributed by atoms with E-state index in [0.29, 0.717) is 3.97 Å². The molecule has 0 atom stereocenters. The van der Waals surface area contributed by atoms with Crippen LogP contribution in [0.4, 0.5) is 0 Å². The molecular weight excluding hydrogens is 307 g/mol. The first-order valence-corrected chi connectivity index (χ1v) is 7.73. The zero-order valence-electron chi connectivity index (χ0n) is 11.2. The van der Waals surface area contributed by atoms with E-state index in [2.05, 4.69) is 4.98 Å². The van der Waals surface area contributed by atoms with Crippen LogP contribution in [-0.4, -0.2) is 39.6 Å². The highest BCUT2D eigenvalue weighted by Gasteiger charge is 2.32. The minimum Gasteiger partial charge on any atom is -0.494 e. The van der Waals surface area contributed by atoms with Gasteiger partial charge in [-0.1, -0.05) is 18.2 Å². The van der Waals surface area contributed by atoms with Crippen molar-refractivity contribution < 1.29 is 23.6 Å². The van der Waals surface area contributed by atoms with Gasteiger partial charge in [-0.05, 0) is 24.3 Å². The topological polar surface area (TPSA) is 113 Å². The van der Waals surface area contributed by atoms with E-state index >= 15 is 0 Å². The fourth-order valence-corrected chi connectivity index (χ4v) is 3.69. The van der Waals surface area contributed by atoms with Gasteiger partial charge >= 0.3 is 7.12 Å². The first-order valence-electron chi connectivity index (χ1n) is 6.29. The maximum absolute atomic E-state index is 12.7. The molecule has 1 aromatic carbocycles. The third-order valence-electron chi connectivity index (χ3n) is 3.24. The van der Waals surface area contributed by atoms with Crippen molar-refractivity contribution in [2.24, 2.45) is 0 Å². The summed E-state index contributed by atoms with van der Waals surface area (Å²) in [5, 5.41) is 29.2. The van der Waals surface area contributed by atoms with Crippen molar-refractivity contribution in [1.82, 2.24) is 8.96 Å². The minimum absolute atomic E-state index is 0.0492. The van der Waals surface area contributed by atoms with Crippen LogP contribution >= 0.6 is 0 Å². The molecule has 0 spiro atoms. The number of hydrogen-bond donors (Lipinski definition) is 3. The molecule has 3 aromatic rings. The van der Waals surface area contributed by atoms with E-state index in [9.17, 15) is 23.6 Å². The molecule has 0 fully saturated rings. The quantitative estimate of drug-likeness (QED) is 0.570. The van der Waals surface area contributed by atoms with Crippen molar-refractivity contribution >= 4 is 33.6 Å². The molecule has 9 heteroatoms. The highest BCUT2D eigenvalue weighted by Crippen LogP contribution is 2.26. The van der Waals surface area contributed by atoms with Gasteiger partial charge in [0.25, 0.3) is 10.0 Å². The van der Waals surface area contributed by atoms with E-state index in [1.54, 1.807) is 18.2 Å². The lowest BCUT2D eigenvalue weighted by atomic mass is 9.80. The van der Waals surface area contributed by atoms with Crippen LogP contribution in [0.1, 0.15) is 0 Å². The Morgan fingerprint density at radius 3 is 2.36 bits per heavy atom. The monoisotopic (exact) mass is 318 g/mol. The lowest BCUT2D eigenvalue weighted by molar-refractivity contribution is 0.416. The van der Waals surface area contributed by atoms with Crippen LogP contribution in [0, 0.1) is 0 Å². The molecule has 0 unspecified atom stereocenters. The van der Waals surface area contributed by atoms with Crippen molar-refractivity contribution in [2.75, 3.05) is 0 Å². The Morgan fingerprint density at radius 1 is 1.05 bits per heavy atom. The average molecular weight is 318 g/mol. The Hall–Kier alpha value is -2.36. The SMILES string of the molecule is O=S(=O)(c1ccccc1)n1c(O)c(B(O)O)c2cccnc21. The molecule has 0 bridgehead atoms. The van der Waals surface area contributed by atoms with Crippen molar-refractivity contribution in [3.8, 4) is 5.88 Å². The van der Waals surface area contributed by atoms with Crippen molar-refractivity contribution in [2.45, 2.75) is 4.90 Å². The summed E-state index contributed by atoms with van der Waals surface area (Å²) < 4.78 is 26.0. The summed E-state index contributed by atoms with van der Waals surface area (Å²) in [5.74, 6) is -0.771. The minimum atomic E-state index is -4.13. The molecule has 0 saturated heterocycles. The molecule has 2 heterocycles. The van der Waals surface area contributed by atoms with Crippen LogP contribution in [0.15, 0.2) is 53.6 Å². The third-order valence-corrected chi connectivity index (χ3v) is 4.94. The normalized spacial score (nSPS) is 11.7. The van der Waals surface area contributed by atoms with E-state index in [-0.39, 0.29) is 21.4 Å². The highest BCUT2D eigenvalue weighted by molar-refractivity contribution is 7.90. The molecule has 0 radical (unpaired) electrons. The fraction of sp³-hybridized carbons (Fsp3) is 0. The fourth-order valence-electron chi connectivity index (χ4n) is 2.28. The molecule has 22 heavy (non-hydrogen) atoms. The second-order valence-corrected chi connectivity index (χ2v) is 6.35. The van der Waals surface area contributed by atoms with Crippen molar-refractivity contribution in [3.05, 3.63) is 48.7 Å². The van der Waals surface area contributed by atoms with Gasteiger partial charge in [-0.3, -0.25) is 0 Å². The molecular formula is C13H11BN2O5S. The Kier molecular flexibility index (Phi) is 3.40. The molecule has 112 valence electrons. The zero-order valence-corrected chi connectivity index (χ0v) is 12.0. The Balaban J connectivity index is 2.40. The lowest BCUT2D eigenvalue weighted by Gasteiger charge is -2.08. The van der Waals surface area contributed by atoms with Crippen molar-refractivity contribution in [3.63, 3.8) is 0 Å². The lowest BCUT2D eigenvalue weighted by Crippen LogP contribution is -2.30. The summed E-state index contributed by atoms with van der Waals surface area (Å²) in [6, 6.07) is 10.5. The molecule has 2 aromatic heterocycles. The number of rotatable bonds is 3. The van der Waals surface area contributed by atoms with Gasteiger partial charge in [0, 0.05) is 11.6 Å².